The number of aromatic nitrogens is 1. The highest BCUT2D eigenvalue weighted by atomic mass is 16.5. The van der Waals surface area contributed by atoms with Crippen molar-refractivity contribution in [3.8, 4) is 0 Å². The third kappa shape index (κ3) is 5.74. The van der Waals surface area contributed by atoms with Gasteiger partial charge in [0.15, 0.2) is 0 Å². The lowest BCUT2D eigenvalue weighted by Gasteiger charge is -2.19. The number of amides is 1. The predicted octanol–water partition coefficient (Wildman–Crippen LogP) is 3.85. The summed E-state index contributed by atoms with van der Waals surface area (Å²) in [5, 5.41) is 2.76. The summed E-state index contributed by atoms with van der Waals surface area (Å²) in [6.45, 7) is 7.31. The molecular formula is C19H24N2O2. The first-order chi connectivity index (χ1) is 10.9. The molecule has 4 nitrogen and oxygen atoms in total. The van der Waals surface area contributed by atoms with Crippen LogP contribution in [0.25, 0.3) is 0 Å². The summed E-state index contributed by atoms with van der Waals surface area (Å²) in [7, 11) is 0. The van der Waals surface area contributed by atoms with E-state index < -0.39 is 6.09 Å². The molecule has 0 atom stereocenters. The minimum absolute atomic E-state index is 0.0970. The summed E-state index contributed by atoms with van der Waals surface area (Å²) in [5.41, 5.74) is 3.29. The fourth-order valence-corrected chi connectivity index (χ4v) is 2.15. The molecule has 2 aromatic rings. The van der Waals surface area contributed by atoms with Crippen molar-refractivity contribution in [2.75, 3.05) is 6.54 Å². The topological polar surface area (TPSA) is 51.2 Å². The van der Waals surface area contributed by atoms with E-state index in [-0.39, 0.29) is 12.0 Å². The van der Waals surface area contributed by atoms with E-state index in [2.05, 4.69) is 37.1 Å². The Morgan fingerprint density at radius 2 is 1.91 bits per heavy atom. The van der Waals surface area contributed by atoms with Gasteiger partial charge in [-0.15, -0.1) is 0 Å². The zero-order valence-electron chi connectivity index (χ0n) is 14.0. The molecule has 1 aromatic carbocycles. The van der Waals surface area contributed by atoms with Crippen molar-refractivity contribution in [2.45, 2.75) is 39.2 Å². The molecule has 122 valence electrons. The molecule has 1 amide bonds. The molecule has 0 saturated carbocycles. The third-order valence-corrected chi connectivity index (χ3v) is 3.55. The van der Waals surface area contributed by atoms with Gasteiger partial charge < -0.3 is 10.1 Å². The molecule has 1 aromatic heterocycles. The van der Waals surface area contributed by atoms with Gasteiger partial charge in [-0.1, -0.05) is 51.1 Å². The van der Waals surface area contributed by atoms with Crippen LogP contribution in [0.15, 0.2) is 48.7 Å². The van der Waals surface area contributed by atoms with Crippen LogP contribution in [0.3, 0.4) is 0 Å². The van der Waals surface area contributed by atoms with Crippen molar-refractivity contribution in [3.05, 3.63) is 65.5 Å². The van der Waals surface area contributed by atoms with E-state index in [4.69, 9.17) is 4.74 Å². The standard InChI is InChI=1S/C19H24N2O2/c1-19(2,3)16-9-11-20-17(13-16)10-12-21-18(22)23-14-15-7-5-4-6-8-15/h4-9,11,13H,10,12,14H2,1-3H3,(H,21,22). The highest BCUT2D eigenvalue weighted by Gasteiger charge is 2.14. The van der Waals surface area contributed by atoms with Crippen molar-refractivity contribution >= 4 is 6.09 Å². The van der Waals surface area contributed by atoms with Crippen molar-refractivity contribution in [1.82, 2.24) is 10.3 Å². The minimum Gasteiger partial charge on any atom is -0.445 e. The number of pyridine rings is 1. The number of benzene rings is 1. The van der Waals surface area contributed by atoms with Crippen LogP contribution in [-0.4, -0.2) is 17.6 Å². The van der Waals surface area contributed by atoms with E-state index in [0.717, 1.165) is 11.3 Å². The van der Waals surface area contributed by atoms with Crippen LogP contribution in [0.2, 0.25) is 0 Å². The van der Waals surface area contributed by atoms with Crippen LogP contribution in [0, 0.1) is 0 Å². The van der Waals surface area contributed by atoms with E-state index in [1.54, 1.807) is 0 Å². The molecule has 0 unspecified atom stereocenters. The Morgan fingerprint density at radius 3 is 2.61 bits per heavy atom. The number of carbonyl (C=O) groups excluding carboxylic acids is 1. The summed E-state index contributed by atoms with van der Waals surface area (Å²) in [4.78, 5) is 16.0. The summed E-state index contributed by atoms with van der Waals surface area (Å²) in [5.74, 6) is 0. The predicted molar refractivity (Wildman–Crippen MR) is 91.3 cm³/mol. The van der Waals surface area contributed by atoms with Gasteiger partial charge in [0.25, 0.3) is 0 Å². The molecule has 0 aliphatic carbocycles. The first-order valence-electron chi connectivity index (χ1n) is 7.85. The van der Waals surface area contributed by atoms with Gasteiger partial charge in [-0.2, -0.15) is 0 Å². The molecule has 1 heterocycles. The molecule has 23 heavy (non-hydrogen) atoms. The van der Waals surface area contributed by atoms with Crippen molar-refractivity contribution in [1.29, 1.82) is 0 Å². The minimum atomic E-state index is -0.402. The molecule has 0 aliphatic rings. The Morgan fingerprint density at radius 1 is 1.17 bits per heavy atom. The lowest BCUT2D eigenvalue weighted by molar-refractivity contribution is 0.140. The normalized spacial score (nSPS) is 11.1. The zero-order valence-corrected chi connectivity index (χ0v) is 14.0. The quantitative estimate of drug-likeness (QED) is 0.912. The summed E-state index contributed by atoms with van der Waals surface area (Å²) < 4.78 is 5.17. The van der Waals surface area contributed by atoms with Crippen LogP contribution in [0.1, 0.15) is 37.6 Å². The van der Waals surface area contributed by atoms with Gasteiger partial charge >= 0.3 is 6.09 Å². The highest BCUT2D eigenvalue weighted by Crippen LogP contribution is 2.21. The Balaban J connectivity index is 1.75. The lowest BCUT2D eigenvalue weighted by atomic mass is 9.87. The Kier molecular flexibility index (Phi) is 5.74. The van der Waals surface area contributed by atoms with E-state index in [9.17, 15) is 4.79 Å². The van der Waals surface area contributed by atoms with Gasteiger partial charge in [0, 0.05) is 24.9 Å². The zero-order chi connectivity index (χ0) is 16.7. The van der Waals surface area contributed by atoms with Gasteiger partial charge in [-0.3, -0.25) is 4.98 Å². The van der Waals surface area contributed by atoms with Crippen LogP contribution in [0.5, 0.6) is 0 Å². The largest absolute Gasteiger partial charge is 0.445 e. The number of hydrogen-bond donors (Lipinski definition) is 1. The Bertz CT molecular complexity index is 633. The molecule has 0 spiro atoms. The summed E-state index contributed by atoms with van der Waals surface area (Å²) in [6.07, 6.45) is 2.11. The van der Waals surface area contributed by atoms with Crippen molar-refractivity contribution < 1.29 is 9.53 Å². The Hall–Kier alpha value is -2.36. The van der Waals surface area contributed by atoms with Crippen molar-refractivity contribution in [2.24, 2.45) is 0 Å². The number of nitrogens with one attached hydrogen (secondary N) is 1. The van der Waals surface area contributed by atoms with E-state index >= 15 is 0 Å². The number of carbonyl (C=O) groups is 1. The SMILES string of the molecule is CC(C)(C)c1ccnc(CCNC(=O)OCc2ccccc2)c1. The molecule has 0 saturated heterocycles. The second-order valence-electron chi connectivity index (χ2n) is 6.52. The van der Waals surface area contributed by atoms with Crippen LogP contribution < -0.4 is 5.32 Å². The number of ether oxygens (including phenoxy) is 1. The fraction of sp³-hybridized carbons (Fsp3) is 0.368. The van der Waals surface area contributed by atoms with Gasteiger partial charge in [0.05, 0.1) is 0 Å². The number of hydrogen-bond acceptors (Lipinski definition) is 3. The number of nitrogens with zero attached hydrogens (tertiary/aromatic N) is 1. The molecule has 0 radical (unpaired) electrons. The van der Waals surface area contributed by atoms with Crippen LogP contribution in [-0.2, 0) is 23.2 Å². The van der Waals surface area contributed by atoms with Gasteiger partial charge in [0.1, 0.15) is 6.61 Å². The van der Waals surface area contributed by atoms with Crippen molar-refractivity contribution in [3.63, 3.8) is 0 Å². The molecule has 0 aliphatic heterocycles. The molecule has 0 bridgehead atoms. The second kappa shape index (κ2) is 7.77. The molecule has 2 rings (SSSR count). The maximum Gasteiger partial charge on any atom is 0.407 e. The maximum atomic E-state index is 11.7. The van der Waals surface area contributed by atoms with E-state index in [1.807, 2.05) is 42.6 Å². The molecular weight excluding hydrogens is 288 g/mol. The summed E-state index contributed by atoms with van der Waals surface area (Å²) in [6, 6.07) is 13.8. The van der Waals surface area contributed by atoms with Gasteiger partial charge in [-0.25, -0.2) is 4.79 Å². The number of rotatable bonds is 5. The smallest absolute Gasteiger partial charge is 0.407 e. The maximum absolute atomic E-state index is 11.7. The third-order valence-electron chi connectivity index (χ3n) is 3.55. The molecule has 4 heteroatoms. The monoisotopic (exact) mass is 312 g/mol. The van der Waals surface area contributed by atoms with Gasteiger partial charge in [-0.05, 0) is 28.7 Å². The fourth-order valence-electron chi connectivity index (χ4n) is 2.15. The lowest BCUT2D eigenvalue weighted by Crippen LogP contribution is -2.26. The molecule has 0 fully saturated rings. The average Bonchev–Trinajstić information content (AvgIpc) is 2.53. The van der Waals surface area contributed by atoms with Crippen LogP contribution in [0.4, 0.5) is 4.79 Å². The highest BCUT2D eigenvalue weighted by molar-refractivity contribution is 5.67. The summed E-state index contributed by atoms with van der Waals surface area (Å²) >= 11 is 0. The van der Waals surface area contributed by atoms with Crippen LogP contribution >= 0.6 is 0 Å². The number of alkyl carbamates (subject to hydrolysis) is 1. The molecule has 1 N–H and O–H groups in total. The second-order valence-corrected chi connectivity index (χ2v) is 6.52. The van der Waals surface area contributed by atoms with E-state index in [1.165, 1.54) is 5.56 Å². The first kappa shape index (κ1) is 17.0. The first-order valence-corrected chi connectivity index (χ1v) is 7.85. The average molecular weight is 312 g/mol. The van der Waals surface area contributed by atoms with E-state index in [0.29, 0.717) is 13.0 Å². The van der Waals surface area contributed by atoms with Gasteiger partial charge in [0.2, 0.25) is 0 Å². The Labute approximate surface area is 137 Å².